The van der Waals surface area contributed by atoms with Crippen LogP contribution in [0.25, 0.3) is 0 Å². The van der Waals surface area contributed by atoms with Gasteiger partial charge in [0, 0.05) is 21.7 Å². The van der Waals surface area contributed by atoms with Crippen molar-refractivity contribution in [1.29, 1.82) is 0 Å². The third-order valence-electron chi connectivity index (χ3n) is 10.0. The molecule has 2 bridgehead atoms. The van der Waals surface area contributed by atoms with E-state index in [0.29, 0.717) is 28.6 Å². The van der Waals surface area contributed by atoms with Crippen LogP contribution in [0.1, 0.15) is 22.8 Å². The van der Waals surface area contributed by atoms with Crippen molar-refractivity contribution >= 4 is 52.2 Å². The van der Waals surface area contributed by atoms with E-state index in [1.54, 1.807) is 56.3 Å². The number of rotatable bonds is 8. The van der Waals surface area contributed by atoms with Gasteiger partial charge in [-0.2, -0.15) is 0 Å². The SMILES string of the molecule is COc1ccc(NC(=O)COc2ccc([C@H]3c4sc(=O)[nH]c4SC4C3[C@H]3C[C@@H]4C4C(=O)N(c5ccccc5)C(=O)C43)cc2OC)cc1. The van der Waals surface area contributed by atoms with Crippen molar-refractivity contribution in [2.75, 3.05) is 31.0 Å². The van der Waals surface area contributed by atoms with E-state index in [0.717, 1.165) is 21.9 Å². The molecule has 2 saturated carbocycles. The maximum absolute atomic E-state index is 13.9. The minimum Gasteiger partial charge on any atom is -0.497 e. The number of aromatic nitrogens is 1. The van der Waals surface area contributed by atoms with Gasteiger partial charge in [0.15, 0.2) is 18.1 Å². The van der Waals surface area contributed by atoms with Crippen LogP contribution in [0.3, 0.4) is 0 Å². The number of hydrogen-bond acceptors (Lipinski definition) is 9. The fourth-order valence-electron chi connectivity index (χ4n) is 8.23. The molecule has 4 aromatic rings. The second kappa shape index (κ2) is 11.6. The summed E-state index contributed by atoms with van der Waals surface area (Å²) >= 11 is 2.85. The predicted octanol–water partition coefficient (Wildman–Crippen LogP) is 5.15. The normalized spacial score (nSPS) is 26.9. The van der Waals surface area contributed by atoms with E-state index < -0.39 is 0 Å². The Balaban J connectivity index is 1.07. The number of aromatic amines is 1. The number of nitrogens with one attached hydrogen (secondary N) is 2. The number of methoxy groups -OCH3 is 2. The Morgan fingerprint density at radius 2 is 1.66 bits per heavy atom. The number of para-hydroxylation sites is 1. The number of benzene rings is 3. The van der Waals surface area contributed by atoms with Gasteiger partial charge in [0.1, 0.15) is 5.75 Å². The van der Waals surface area contributed by atoms with E-state index >= 15 is 0 Å². The Kier molecular flexibility index (Phi) is 7.36. The predicted molar refractivity (Wildman–Crippen MR) is 178 cm³/mol. The molecule has 0 radical (unpaired) electrons. The highest BCUT2D eigenvalue weighted by atomic mass is 32.2. The zero-order chi connectivity index (χ0) is 32.4. The van der Waals surface area contributed by atoms with Crippen molar-refractivity contribution in [2.24, 2.45) is 29.6 Å². The molecule has 8 rings (SSSR count). The molecule has 0 spiro atoms. The van der Waals surface area contributed by atoms with Gasteiger partial charge in [0.2, 0.25) is 11.8 Å². The Hall–Kier alpha value is -4.55. The van der Waals surface area contributed by atoms with Crippen LogP contribution in [-0.4, -0.2) is 48.8 Å². The minimum atomic E-state index is -0.386. The molecular weight excluding hydrogens is 639 g/mol. The minimum absolute atomic E-state index is 0.00779. The first-order valence-electron chi connectivity index (χ1n) is 15.4. The van der Waals surface area contributed by atoms with Crippen molar-refractivity contribution in [3.05, 3.63) is 92.9 Å². The zero-order valence-corrected chi connectivity index (χ0v) is 27.1. The summed E-state index contributed by atoms with van der Waals surface area (Å²) in [6.45, 7) is -0.225. The Morgan fingerprint density at radius 1 is 0.915 bits per heavy atom. The van der Waals surface area contributed by atoms with Crippen molar-refractivity contribution in [3.63, 3.8) is 0 Å². The molecule has 1 saturated heterocycles. The first kappa shape index (κ1) is 29.8. The largest absolute Gasteiger partial charge is 0.497 e. The quantitative estimate of drug-likeness (QED) is 0.247. The summed E-state index contributed by atoms with van der Waals surface area (Å²) < 4.78 is 16.8. The molecule has 7 atom stereocenters. The van der Waals surface area contributed by atoms with Gasteiger partial charge < -0.3 is 24.5 Å². The third kappa shape index (κ3) is 4.84. The van der Waals surface area contributed by atoms with E-state index in [2.05, 4.69) is 10.3 Å². The Bertz CT molecular complexity index is 1940. The lowest BCUT2D eigenvalue weighted by atomic mass is 9.68. The molecule has 2 aliphatic carbocycles. The summed E-state index contributed by atoms with van der Waals surface area (Å²) in [6, 6.07) is 21.8. The van der Waals surface area contributed by atoms with Crippen molar-refractivity contribution in [2.45, 2.75) is 22.6 Å². The zero-order valence-electron chi connectivity index (χ0n) is 25.5. The third-order valence-corrected chi connectivity index (χ3v) is 12.6. The topological polar surface area (TPSA) is 127 Å². The van der Waals surface area contributed by atoms with Crippen LogP contribution in [0.2, 0.25) is 0 Å². The van der Waals surface area contributed by atoms with Crippen LogP contribution in [0, 0.1) is 29.6 Å². The average molecular weight is 670 g/mol. The molecule has 2 aliphatic heterocycles. The van der Waals surface area contributed by atoms with Crippen LogP contribution in [0.5, 0.6) is 17.2 Å². The van der Waals surface area contributed by atoms with E-state index in [1.807, 2.05) is 42.5 Å². The molecule has 3 aromatic carbocycles. The average Bonchev–Trinajstić information content (AvgIpc) is 3.83. The molecule has 3 amide bonds. The summed E-state index contributed by atoms with van der Waals surface area (Å²) in [5.74, 6) is 0.143. The number of amides is 3. The van der Waals surface area contributed by atoms with Gasteiger partial charge in [-0.05, 0) is 78.3 Å². The molecule has 4 aliphatic rings. The van der Waals surface area contributed by atoms with E-state index in [4.69, 9.17) is 14.2 Å². The lowest BCUT2D eigenvalue weighted by Crippen LogP contribution is -2.42. The second-order valence-corrected chi connectivity index (χ2v) is 14.5. The number of carbonyl (C=O) groups excluding carboxylic acids is 3. The molecule has 3 heterocycles. The molecule has 240 valence electrons. The fraction of sp³-hybridized carbons (Fsp3) is 0.314. The number of carbonyl (C=O) groups is 3. The summed E-state index contributed by atoms with van der Waals surface area (Å²) in [4.78, 5) is 58.3. The van der Waals surface area contributed by atoms with Crippen LogP contribution in [-0.2, 0) is 14.4 Å². The summed E-state index contributed by atoms with van der Waals surface area (Å²) in [7, 11) is 3.13. The Labute approximate surface area is 278 Å². The highest BCUT2D eigenvalue weighted by Crippen LogP contribution is 2.68. The number of thioether (sulfide) groups is 1. The van der Waals surface area contributed by atoms with Gasteiger partial charge in [-0.15, -0.1) is 11.8 Å². The number of anilines is 2. The van der Waals surface area contributed by atoms with Crippen LogP contribution in [0.4, 0.5) is 11.4 Å². The lowest BCUT2D eigenvalue weighted by Gasteiger charge is -2.43. The number of fused-ring (bicyclic) bond motifs is 9. The number of thiazole rings is 1. The van der Waals surface area contributed by atoms with Gasteiger partial charge in [0.25, 0.3) is 5.91 Å². The van der Waals surface area contributed by atoms with E-state index in [1.165, 1.54) is 16.2 Å². The van der Waals surface area contributed by atoms with E-state index in [-0.39, 0.29) is 70.0 Å². The molecule has 10 nitrogen and oxygen atoms in total. The number of imide groups is 1. The number of ether oxygens (including phenoxy) is 3. The lowest BCUT2D eigenvalue weighted by molar-refractivity contribution is -0.123. The van der Waals surface area contributed by atoms with Crippen LogP contribution >= 0.6 is 23.1 Å². The fourth-order valence-corrected chi connectivity index (χ4v) is 11.1. The Morgan fingerprint density at radius 3 is 2.38 bits per heavy atom. The molecule has 1 aromatic heterocycles. The molecule has 2 N–H and O–H groups in total. The molecule has 12 heteroatoms. The van der Waals surface area contributed by atoms with Gasteiger partial charge in [0.05, 0.1) is 36.8 Å². The summed E-state index contributed by atoms with van der Waals surface area (Å²) in [5.41, 5.74) is 2.17. The number of nitrogens with zero attached hydrogens (tertiary/aromatic N) is 1. The maximum Gasteiger partial charge on any atom is 0.305 e. The van der Waals surface area contributed by atoms with Crippen molar-refractivity contribution in [1.82, 2.24) is 4.98 Å². The molecule has 4 unspecified atom stereocenters. The standard InChI is InChI=1S/C35H31N3O7S2/c1-43-20-11-9-18(10-12-20)36-25(39)16-45-23-13-8-17(14-24(23)44-2)26-27-21-15-22(30(27)46-32-31(26)47-35(42)37-32)29-28(21)33(40)38(34(29)41)19-6-4-3-5-7-19/h3-14,21-22,26-30H,15-16H2,1-2H3,(H,36,39)(H,37,42)/t21-,22-,26-,27?,28?,29?,30?/m1/s1. The number of hydrogen-bond donors (Lipinski definition) is 2. The van der Waals surface area contributed by atoms with Gasteiger partial charge in [-0.1, -0.05) is 35.6 Å². The van der Waals surface area contributed by atoms with E-state index in [9.17, 15) is 19.2 Å². The van der Waals surface area contributed by atoms with Gasteiger partial charge in [-0.3, -0.25) is 24.1 Å². The number of H-pyrrole nitrogens is 1. The van der Waals surface area contributed by atoms with Gasteiger partial charge in [-0.25, -0.2) is 0 Å². The molecular formula is C35H31N3O7S2. The van der Waals surface area contributed by atoms with Gasteiger partial charge >= 0.3 is 4.87 Å². The van der Waals surface area contributed by atoms with Crippen LogP contribution < -0.4 is 29.3 Å². The van der Waals surface area contributed by atoms with Crippen molar-refractivity contribution in [3.8, 4) is 17.2 Å². The highest BCUT2D eigenvalue weighted by Gasteiger charge is 2.69. The summed E-state index contributed by atoms with van der Waals surface area (Å²) in [5, 5.41) is 3.71. The molecule has 3 fully saturated rings. The smallest absolute Gasteiger partial charge is 0.305 e. The maximum atomic E-state index is 13.9. The first-order chi connectivity index (χ1) is 22.9. The first-order valence-corrected chi connectivity index (χ1v) is 17.1. The summed E-state index contributed by atoms with van der Waals surface area (Å²) in [6.07, 6.45) is 0.801. The second-order valence-electron chi connectivity index (χ2n) is 12.3. The monoisotopic (exact) mass is 669 g/mol. The highest BCUT2D eigenvalue weighted by molar-refractivity contribution is 8.00. The molecule has 47 heavy (non-hydrogen) atoms. The van der Waals surface area contributed by atoms with Crippen LogP contribution in [0.15, 0.2) is 82.6 Å². The van der Waals surface area contributed by atoms with Crippen molar-refractivity contribution < 1.29 is 28.6 Å².